The SMILES string of the molecule is Cc1cc(C(F)(F)F)cc(N2C(=O)C[C@@H]3CN(c4ccccc4)c4c(F)cccc4N(C)C(=O)[C@H]32)n1. The molecule has 0 bridgehead atoms. The number of amides is 2. The molecule has 0 N–H and O–H groups in total. The number of aryl methyl sites for hydroxylation is 1. The van der Waals surface area contributed by atoms with Crippen LogP contribution in [0.5, 0.6) is 0 Å². The minimum absolute atomic E-state index is 0.0704. The number of hydrogen-bond acceptors (Lipinski definition) is 4. The summed E-state index contributed by atoms with van der Waals surface area (Å²) in [7, 11) is 1.47. The largest absolute Gasteiger partial charge is 0.416 e. The first kappa shape index (κ1) is 23.8. The number of nitrogens with zero attached hydrogens (tertiary/aromatic N) is 4. The number of rotatable bonds is 2. The van der Waals surface area contributed by atoms with Crippen molar-refractivity contribution in [3.8, 4) is 0 Å². The fourth-order valence-electron chi connectivity index (χ4n) is 5.01. The Morgan fingerprint density at radius 1 is 1.00 bits per heavy atom. The van der Waals surface area contributed by atoms with Crippen LogP contribution in [0.4, 0.5) is 40.4 Å². The van der Waals surface area contributed by atoms with Gasteiger partial charge in [0, 0.05) is 37.3 Å². The molecule has 3 aromatic rings. The van der Waals surface area contributed by atoms with E-state index in [-0.39, 0.29) is 35.9 Å². The van der Waals surface area contributed by atoms with Gasteiger partial charge in [-0.05, 0) is 43.3 Å². The highest BCUT2D eigenvalue weighted by Gasteiger charge is 2.49. The summed E-state index contributed by atoms with van der Waals surface area (Å²) in [6.07, 6.45) is -4.75. The zero-order valence-corrected chi connectivity index (χ0v) is 19.5. The lowest BCUT2D eigenvalue weighted by atomic mass is 9.95. The molecule has 3 heterocycles. The van der Waals surface area contributed by atoms with E-state index in [4.69, 9.17) is 0 Å². The number of likely N-dealkylation sites (N-methyl/N-ethyl adjacent to an activating group) is 1. The van der Waals surface area contributed by atoms with Gasteiger partial charge in [0.15, 0.2) is 0 Å². The van der Waals surface area contributed by atoms with Crippen LogP contribution in [-0.4, -0.2) is 36.4 Å². The van der Waals surface area contributed by atoms with Gasteiger partial charge in [0.25, 0.3) is 0 Å². The number of anilines is 4. The molecule has 0 spiro atoms. The molecule has 1 saturated heterocycles. The molecule has 2 amide bonds. The maximum Gasteiger partial charge on any atom is 0.416 e. The smallest absolute Gasteiger partial charge is 0.337 e. The Kier molecular flexibility index (Phi) is 5.69. The van der Waals surface area contributed by atoms with Crippen molar-refractivity contribution < 1.29 is 27.2 Å². The number of benzene rings is 2. The van der Waals surface area contributed by atoms with E-state index >= 15 is 4.39 Å². The monoisotopic (exact) mass is 498 g/mol. The number of pyridine rings is 1. The lowest BCUT2D eigenvalue weighted by Crippen LogP contribution is -2.52. The summed E-state index contributed by atoms with van der Waals surface area (Å²) >= 11 is 0. The molecule has 2 aliphatic heterocycles. The zero-order valence-electron chi connectivity index (χ0n) is 19.5. The van der Waals surface area contributed by atoms with Crippen LogP contribution in [0, 0.1) is 18.7 Å². The van der Waals surface area contributed by atoms with Gasteiger partial charge in [0.1, 0.15) is 23.4 Å². The summed E-state index contributed by atoms with van der Waals surface area (Å²) in [6.45, 7) is 1.50. The van der Waals surface area contributed by atoms with E-state index in [1.807, 2.05) is 6.07 Å². The topological polar surface area (TPSA) is 56.8 Å². The first-order valence-corrected chi connectivity index (χ1v) is 11.3. The first-order valence-electron chi connectivity index (χ1n) is 11.3. The summed E-state index contributed by atoms with van der Waals surface area (Å²) < 4.78 is 55.8. The third-order valence-electron chi connectivity index (χ3n) is 6.61. The number of halogens is 4. The third kappa shape index (κ3) is 3.96. The van der Waals surface area contributed by atoms with Crippen LogP contribution in [0.15, 0.2) is 60.7 Å². The molecular formula is C26H22F4N4O2. The number of alkyl halides is 3. The molecule has 10 heteroatoms. The van der Waals surface area contributed by atoms with Gasteiger partial charge in [-0.15, -0.1) is 0 Å². The Morgan fingerprint density at radius 2 is 1.72 bits per heavy atom. The van der Waals surface area contributed by atoms with Gasteiger partial charge >= 0.3 is 6.18 Å². The molecule has 5 rings (SSSR count). The fourth-order valence-corrected chi connectivity index (χ4v) is 5.01. The van der Waals surface area contributed by atoms with E-state index in [1.54, 1.807) is 35.2 Å². The minimum Gasteiger partial charge on any atom is -0.337 e. The van der Waals surface area contributed by atoms with Crippen LogP contribution in [-0.2, 0) is 15.8 Å². The molecule has 186 valence electrons. The quantitative estimate of drug-likeness (QED) is 0.463. The summed E-state index contributed by atoms with van der Waals surface area (Å²) in [6, 6.07) is 13.9. The van der Waals surface area contributed by atoms with E-state index in [1.165, 1.54) is 31.0 Å². The van der Waals surface area contributed by atoms with Gasteiger partial charge in [-0.2, -0.15) is 13.2 Å². The van der Waals surface area contributed by atoms with Crippen molar-refractivity contribution in [1.82, 2.24) is 4.98 Å². The Balaban J connectivity index is 1.66. The normalized spacial score (nSPS) is 20.2. The van der Waals surface area contributed by atoms with Crippen molar-refractivity contribution in [3.05, 3.63) is 77.7 Å². The van der Waals surface area contributed by atoms with E-state index < -0.39 is 41.3 Å². The number of aromatic nitrogens is 1. The molecule has 2 aliphatic rings. The summed E-state index contributed by atoms with van der Waals surface area (Å²) in [5, 5.41) is 0. The highest BCUT2D eigenvalue weighted by atomic mass is 19.4. The molecule has 0 saturated carbocycles. The van der Waals surface area contributed by atoms with E-state index in [2.05, 4.69) is 4.98 Å². The third-order valence-corrected chi connectivity index (χ3v) is 6.61. The van der Waals surface area contributed by atoms with E-state index in [9.17, 15) is 22.8 Å². The standard InChI is InChI=1S/C26H22F4N4O2/c1-15-11-17(26(28,29)30)13-21(31-15)34-22(35)12-16-14-33(18-7-4-3-5-8-18)24-19(27)9-6-10-20(24)32(2)25(36)23(16)34/h3-11,13,16,23H,12,14H2,1-2H3/t16-,23+/m1/s1. The summed E-state index contributed by atoms with van der Waals surface area (Å²) in [4.78, 5) is 35.2. The van der Waals surface area contributed by atoms with Crippen LogP contribution < -0.4 is 14.7 Å². The number of fused-ring (bicyclic) bond motifs is 2. The number of carbonyl (C=O) groups excluding carboxylic acids is 2. The molecule has 2 aromatic carbocycles. The van der Waals surface area contributed by atoms with Gasteiger partial charge in [0.2, 0.25) is 11.8 Å². The molecule has 1 fully saturated rings. The maximum atomic E-state index is 15.2. The van der Waals surface area contributed by atoms with E-state index in [0.29, 0.717) is 5.69 Å². The van der Waals surface area contributed by atoms with Crippen LogP contribution in [0.3, 0.4) is 0 Å². The molecule has 0 aliphatic carbocycles. The second kappa shape index (κ2) is 8.61. The van der Waals surface area contributed by atoms with Crippen LogP contribution in [0.25, 0.3) is 0 Å². The van der Waals surface area contributed by atoms with Crippen LogP contribution >= 0.6 is 0 Å². The van der Waals surface area contributed by atoms with E-state index in [0.717, 1.165) is 17.0 Å². The lowest BCUT2D eigenvalue weighted by Gasteiger charge is -2.38. The molecule has 36 heavy (non-hydrogen) atoms. The zero-order chi connectivity index (χ0) is 25.8. The second-order valence-electron chi connectivity index (χ2n) is 8.98. The Hall–Kier alpha value is -3.95. The molecule has 6 nitrogen and oxygen atoms in total. The summed E-state index contributed by atoms with van der Waals surface area (Å²) in [5.74, 6) is -2.43. The van der Waals surface area contributed by atoms with Crippen molar-refractivity contribution in [1.29, 1.82) is 0 Å². The number of para-hydroxylation sites is 2. The lowest BCUT2D eigenvalue weighted by molar-refractivity contribution is -0.137. The predicted molar refractivity (Wildman–Crippen MR) is 127 cm³/mol. The second-order valence-corrected chi connectivity index (χ2v) is 8.98. The molecular weight excluding hydrogens is 476 g/mol. The Bertz CT molecular complexity index is 1350. The van der Waals surface area contributed by atoms with Gasteiger partial charge in [0.05, 0.1) is 11.3 Å². The van der Waals surface area contributed by atoms with Gasteiger partial charge in [-0.3, -0.25) is 14.5 Å². The Morgan fingerprint density at radius 3 is 2.42 bits per heavy atom. The molecule has 2 atom stereocenters. The van der Waals surface area contributed by atoms with Crippen LogP contribution in [0.1, 0.15) is 17.7 Å². The number of carbonyl (C=O) groups is 2. The highest BCUT2D eigenvalue weighted by Crippen LogP contribution is 2.43. The van der Waals surface area contributed by atoms with Crippen molar-refractivity contribution in [2.24, 2.45) is 5.92 Å². The maximum absolute atomic E-state index is 15.2. The average Bonchev–Trinajstić information content (AvgIpc) is 3.16. The van der Waals surface area contributed by atoms with Gasteiger partial charge in [-0.25, -0.2) is 9.37 Å². The van der Waals surface area contributed by atoms with Crippen molar-refractivity contribution in [3.63, 3.8) is 0 Å². The van der Waals surface area contributed by atoms with Crippen LogP contribution in [0.2, 0.25) is 0 Å². The predicted octanol–water partition coefficient (Wildman–Crippen LogP) is 5.08. The fraction of sp³-hybridized carbons (Fsp3) is 0.269. The van der Waals surface area contributed by atoms with Gasteiger partial charge in [-0.1, -0.05) is 24.3 Å². The van der Waals surface area contributed by atoms with Crippen molar-refractivity contribution in [2.75, 3.05) is 28.3 Å². The van der Waals surface area contributed by atoms with Gasteiger partial charge < -0.3 is 9.80 Å². The first-order chi connectivity index (χ1) is 17.1. The Labute approximate surface area is 204 Å². The average molecular weight is 498 g/mol. The minimum atomic E-state index is -4.65. The highest BCUT2D eigenvalue weighted by molar-refractivity contribution is 6.10. The molecule has 0 unspecified atom stereocenters. The number of hydrogen-bond donors (Lipinski definition) is 0. The molecule has 1 aromatic heterocycles. The van der Waals surface area contributed by atoms with Crippen molar-refractivity contribution in [2.45, 2.75) is 25.6 Å². The summed E-state index contributed by atoms with van der Waals surface area (Å²) in [5.41, 5.74) is 0.253. The van der Waals surface area contributed by atoms with Crippen molar-refractivity contribution >= 4 is 34.7 Å². The molecule has 0 radical (unpaired) electrons.